The van der Waals surface area contributed by atoms with Gasteiger partial charge in [-0.25, -0.2) is 0 Å². The van der Waals surface area contributed by atoms with Gasteiger partial charge in [-0.3, -0.25) is 4.99 Å². The molecule has 0 bridgehead atoms. The van der Waals surface area contributed by atoms with Gasteiger partial charge < -0.3 is 0 Å². The van der Waals surface area contributed by atoms with Crippen molar-refractivity contribution >= 4 is 17.3 Å². The lowest BCUT2D eigenvalue weighted by Gasteiger charge is -2.00. The number of aliphatic imine (C=N–C) groups is 1. The van der Waals surface area contributed by atoms with E-state index in [1.165, 1.54) is 6.42 Å². The Kier molecular flexibility index (Phi) is 4.68. The number of nitrogens with zero attached hydrogens (tertiary/aromatic N) is 1. The highest BCUT2D eigenvalue weighted by molar-refractivity contribution is 6.30. The molecular weight excluding hydrogens is 194 g/mol. The molecule has 0 fully saturated rings. The van der Waals surface area contributed by atoms with Crippen molar-refractivity contribution in [1.29, 1.82) is 0 Å². The maximum Gasteiger partial charge on any atom is 0.0406 e. The summed E-state index contributed by atoms with van der Waals surface area (Å²) in [7, 11) is 0. The van der Waals surface area contributed by atoms with Gasteiger partial charge in [0.05, 0.1) is 0 Å². The number of hydrogen-bond donors (Lipinski definition) is 0. The number of rotatable bonds is 4. The summed E-state index contributed by atoms with van der Waals surface area (Å²) in [5.74, 6) is 0. The van der Waals surface area contributed by atoms with Gasteiger partial charge in [-0.2, -0.15) is 0 Å². The predicted octanol–water partition coefficient (Wildman–Crippen LogP) is 3.95. The number of unbranched alkanes of at least 4 members (excludes halogenated alkanes) is 1. The first-order chi connectivity index (χ1) is 6.74. The monoisotopic (exact) mass is 209 g/mol. The van der Waals surface area contributed by atoms with Crippen LogP contribution in [-0.2, 0) is 0 Å². The summed E-state index contributed by atoms with van der Waals surface area (Å²) in [6, 6.07) is 7.81. The van der Waals surface area contributed by atoms with Crippen LogP contribution in [0.25, 0.3) is 0 Å². The molecule has 0 spiro atoms. The standard InChI is InChI=1S/C12H16ClN/c1-3-4-9-14-10(2)11-5-7-12(13)8-6-11/h5-8H,3-4,9H2,1-2H3. The Bertz CT molecular complexity index is 301. The third kappa shape index (κ3) is 3.51. The smallest absolute Gasteiger partial charge is 0.0406 e. The first kappa shape index (κ1) is 11.3. The second kappa shape index (κ2) is 5.82. The summed E-state index contributed by atoms with van der Waals surface area (Å²) in [5.41, 5.74) is 2.25. The lowest BCUT2D eigenvalue weighted by molar-refractivity contribution is 0.808. The molecule has 14 heavy (non-hydrogen) atoms. The molecule has 0 aromatic heterocycles. The van der Waals surface area contributed by atoms with E-state index in [1.54, 1.807) is 0 Å². The largest absolute Gasteiger partial charge is 0.289 e. The van der Waals surface area contributed by atoms with Gasteiger partial charge in [0.1, 0.15) is 0 Å². The van der Waals surface area contributed by atoms with Gasteiger partial charge in [-0.05, 0) is 31.0 Å². The zero-order valence-electron chi connectivity index (χ0n) is 8.76. The fourth-order valence-corrected chi connectivity index (χ4v) is 1.31. The van der Waals surface area contributed by atoms with Gasteiger partial charge in [-0.15, -0.1) is 0 Å². The maximum absolute atomic E-state index is 5.80. The molecule has 0 aliphatic carbocycles. The van der Waals surface area contributed by atoms with Crippen molar-refractivity contribution in [3.05, 3.63) is 34.9 Å². The van der Waals surface area contributed by atoms with Crippen molar-refractivity contribution < 1.29 is 0 Å². The molecule has 1 nitrogen and oxygen atoms in total. The van der Waals surface area contributed by atoms with E-state index in [0.717, 1.165) is 29.3 Å². The zero-order valence-corrected chi connectivity index (χ0v) is 9.51. The van der Waals surface area contributed by atoms with E-state index in [9.17, 15) is 0 Å². The van der Waals surface area contributed by atoms with E-state index >= 15 is 0 Å². The topological polar surface area (TPSA) is 12.4 Å². The molecule has 0 aliphatic rings. The minimum atomic E-state index is 0.773. The predicted molar refractivity (Wildman–Crippen MR) is 63.4 cm³/mol. The highest BCUT2D eigenvalue weighted by Crippen LogP contribution is 2.10. The lowest BCUT2D eigenvalue weighted by Crippen LogP contribution is -1.95. The maximum atomic E-state index is 5.80. The van der Waals surface area contributed by atoms with Crippen LogP contribution in [0.15, 0.2) is 29.3 Å². The Balaban J connectivity index is 2.64. The molecule has 1 rings (SSSR count). The molecular formula is C12H16ClN. The van der Waals surface area contributed by atoms with E-state index in [2.05, 4.69) is 11.9 Å². The first-order valence-electron chi connectivity index (χ1n) is 5.01. The Morgan fingerprint density at radius 1 is 1.29 bits per heavy atom. The van der Waals surface area contributed by atoms with Crippen LogP contribution in [0, 0.1) is 0 Å². The molecule has 0 unspecified atom stereocenters. The van der Waals surface area contributed by atoms with Crippen LogP contribution in [-0.4, -0.2) is 12.3 Å². The molecule has 76 valence electrons. The molecule has 0 atom stereocenters. The summed E-state index contributed by atoms with van der Waals surface area (Å²) >= 11 is 5.80. The van der Waals surface area contributed by atoms with Crippen molar-refractivity contribution in [3.63, 3.8) is 0 Å². The van der Waals surface area contributed by atoms with Gasteiger partial charge in [0.2, 0.25) is 0 Å². The van der Waals surface area contributed by atoms with Crippen LogP contribution in [0.4, 0.5) is 0 Å². The van der Waals surface area contributed by atoms with Crippen molar-refractivity contribution in [2.24, 2.45) is 4.99 Å². The minimum Gasteiger partial charge on any atom is -0.289 e. The van der Waals surface area contributed by atoms with Gasteiger partial charge in [-0.1, -0.05) is 37.1 Å². The molecule has 0 aliphatic heterocycles. The van der Waals surface area contributed by atoms with Crippen LogP contribution >= 0.6 is 11.6 Å². The molecule has 0 saturated carbocycles. The molecule has 1 aromatic carbocycles. The summed E-state index contributed by atoms with van der Waals surface area (Å²) in [6.45, 7) is 5.14. The Morgan fingerprint density at radius 3 is 2.50 bits per heavy atom. The number of halogens is 1. The second-order valence-electron chi connectivity index (χ2n) is 3.33. The van der Waals surface area contributed by atoms with Crippen molar-refractivity contribution in [3.8, 4) is 0 Å². The molecule has 2 heteroatoms. The van der Waals surface area contributed by atoms with Crippen molar-refractivity contribution in [1.82, 2.24) is 0 Å². The van der Waals surface area contributed by atoms with Gasteiger partial charge in [0.15, 0.2) is 0 Å². The first-order valence-corrected chi connectivity index (χ1v) is 5.39. The zero-order chi connectivity index (χ0) is 10.4. The average molecular weight is 210 g/mol. The lowest BCUT2D eigenvalue weighted by atomic mass is 10.1. The highest BCUT2D eigenvalue weighted by atomic mass is 35.5. The molecule has 0 N–H and O–H groups in total. The Hall–Kier alpha value is -0.820. The fraction of sp³-hybridized carbons (Fsp3) is 0.417. The Labute approximate surface area is 90.8 Å². The second-order valence-corrected chi connectivity index (χ2v) is 3.76. The summed E-state index contributed by atoms with van der Waals surface area (Å²) < 4.78 is 0. The third-order valence-electron chi connectivity index (χ3n) is 2.12. The number of benzene rings is 1. The molecule has 0 amide bonds. The van der Waals surface area contributed by atoms with E-state index in [-0.39, 0.29) is 0 Å². The van der Waals surface area contributed by atoms with Crippen molar-refractivity contribution in [2.45, 2.75) is 26.7 Å². The van der Waals surface area contributed by atoms with Gasteiger partial charge in [0, 0.05) is 17.3 Å². The van der Waals surface area contributed by atoms with E-state index in [1.807, 2.05) is 31.2 Å². The highest BCUT2D eigenvalue weighted by Gasteiger charge is 1.95. The normalized spacial score (nSPS) is 11.8. The SMILES string of the molecule is CCCCN=C(C)c1ccc(Cl)cc1. The molecule has 0 radical (unpaired) electrons. The summed E-state index contributed by atoms with van der Waals surface area (Å²) in [4.78, 5) is 4.49. The van der Waals surface area contributed by atoms with Crippen LogP contribution in [0.2, 0.25) is 5.02 Å². The van der Waals surface area contributed by atoms with Gasteiger partial charge >= 0.3 is 0 Å². The van der Waals surface area contributed by atoms with Crippen LogP contribution in [0.1, 0.15) is 32.3 Å². The average Bonchev–Trinajstić information content (AvgIpc) is 2.19. The van der Waals surface area contributed by atoms with E-state index in [0.29, 0.717) is 0 Å². The summed E-state index contributed by atoms with van der Waals surface area (Å²) in [6.07, 6.45) is 2.35. The van der Waals surface area contributed by atoms with Crippen LogP contribution in [0.5, 0.6) is 0 Å². The summed E-state index contributed by atoms with van der Waals surface area (Å²) in [5, 5.41) is 0.773. The van der Waals surface area contributed by atoms with E-state index < -0.39 is 0 Å². The third-order valence-corrected chi connectivity index (χ3v) is 2.37. The quantitative estimate of drug-likeness (QED) is 0.526. The van der Waals surface area contributed by atoms with Crippen molar-refractivity contribution in [2.75, 3.05) is 6.54 Å². The Morgan fingerprint density at radius 2 is 1.93 bits per heavy atom. The molecule has 1 aromatic rings. The minimum absolute atomic E-state index is 0.773. The molecule has 0 saturated heterocycles. The van der Waals surface area contributed by atoms with Crippen LogP contribution < -0.4 is 0 Å². The molecule has 0 heterocycles. The van der Waals surface area contributed by atoms with Crippen LogP contribution in [0.3, 0.4) is 0 Å². The van der Waals surface area contributed by atoms with E-state index in [4.69, 9.17) is 11.6 Å². The number of hydrogen-bond acceptors (Lipinski definition) is 1. The van der Waals surface area contributed by atoms with Gasteiger partial charge in [0.25, 0.3) is 0 Å². The fourth-order valence-electron chi connectivity index (χ4n) is 1.19.